The van der Waals surface area contributed by atoms with E-state index in [4.69, 9.17) is 22.7 Å². The summed E-state index contributed by atoms with van der Waals surface area (Å²) in [6.07, 6.45) is 1.94. The average Bonchev–Trinajstić information content (AvgIpc) is 2.04. The fourth-order valence-corrected chi connectivity index (χ4v) is 1.66. The summed E-state index contributed by atoms with van der Waals surface area (Å²) in [5.74, 6) is 0.0573. The summed E-state index contributed by atoms with van der Waals surface area (Å²) in [6, 6.07) is 5.36. The van der Waals surface area contributed by atoms with E-state index in [1.165, 1.54) is 0 Å². The highest BCUT2D eigenvalue weighted by Gasteiger charge is 2.04. The van der Waals surface area contributed by atoms with Gasteiger partial charge in [0.25, 0.3) is 0 Å². The molecule has 0 spiro atoms. The maximum Gasteiger partial charge on any atom is 0.123 e. The van der Waals surface area contributed by atoms with Crippen LogP contribution in [0.4, 0.5) is 0 Å². The molecule has 0 saturated carbocycles. The molecule has 12 heavy (non-hydrogen) atoms. The molecular weight excluding hydrogens is 192 g/mol. The highest BCUT2D eigenvalue weighted by Crippen LogP contribution is 2.23. The van der Waals surface area contributed by atoms with Gasteiger partial charge in [-0.05, 0) is 24.5 Å². The molecule has 0 bridgehead atoms. The molecule has 2 nitrogen and oxygen atoms in total. The predicted molar refractivity (Wildman–Crippen MR) is 54.2 cm³/mol. The summed E-state index contributed by atoms with van der Waals surface area (Å²) in [7, 11) is 0. The molecule has 0 fully saturated rings. The van der Waals surface area contributed by atoms with Crippen molar-refractivity contribution in [3.63, 3.8) is 0 Å². The van der Waals surface area contributed by atoms with Gasteiger partial charge in [0.15, 0.2) is 0 Å². The van der Waals surface area contributed by atoms with Crippen molar-refractivity contribution in [3.05, 3.63) is 28.8 Å². The van der Waals surface area contributed by atoms with Crippen LogP contribution >= 0.6 is 23.4 Å². The molecule has 0 saturated heterocycles. The maximum absolute atomic E-state index is 7.28. The van der Waals surface area contributed by atoms with Gasteiger partial charge in [-0.2, -0.15) is 0 Å². The van der Waals surface area contributed by atoms with Gasteiger partial charge >= 0.3 is 0 Å². The Balaban J connectivity index is 3.21. The van der Waals surface area contributed by atoms with E-state index in [0.29, 0.717) is 10.6 Å². The second-order valence-corrected chi connectivity index (χ2v) is 3.54. The lowest BCUT2D eigenvalue weighted by Crippen LogP contribution is -2.12. The van der Waals surface area contributed by atoms with Crippen LogP contribution in [0.25, 0.3) is 0 Å². The molecule has 0 amide bonds. The molecule has 1 rings (SSSR count). The Hall–Kier alpha value is -0.670. The Kier molecular flexibility index (Phi) is 3.00. The largest absolute Gasteiger partial charge is 0.384 e. The van der Waals surface area contributed by atoms with Crippen LogP contribution in [-0.2, 0) is 0 Å². The van der Waals surface area contributed by atoms with E-state index in [-0.39, 0.29) is 5.84 Å². The van der Waals surface area contributed by atoms with Crippen molar-refractivity contribution in [2.75, 3.05) is 6.26 Å². The Morgan fingerprint density at radius 2 is 2.25 bits per heavy atom. The van der Waals surface area contributed by atoms with E-state index in [1.807, 2.05) is 12.3 Å². The number of rotatable bonds is 2. The minimum Gasteiger partial charge on any atom is -0.384 e. The lowest BCUT2D eigenvalue weighted by Gasteiger charge is -2.04. The van der Waals surface area contributed by atoms with Crippen molar-refractivity contribution in [2.45, 2.75) is 4.90 Å². The SMILES string of the molecule is CSc1ccc(Cl)cc1C(=N)N. The molecule has 0 aliphatic heterocycles. The van der Waals surface area contributed by atoms with Gasteiger partial charge in [0, 0.05) is 15.5 Å². The van der Waals surface area contributed by atoms with Gasteiger partial charge in [0.1, 0.15) is 5.84 Å². The summed E-state index contributed by atoms with van der Waals surface area (Å²) in [4.78, 5) is 0.979. The summed E-state index contributed by atoms with van der Waals surface area (Å²) >= 11 is 7.31. The number of hydrogen-bond acceptors (Lipinski definition) is 2. The fraction of sp³-hybridized carbons (Fsp3) is 0.125. The molecule has 64 valence electrons. The molecule has 1 aromatic carbocycles. The first-order valence-electron chi connectivity index (χ1n) is 3.33. The zero-order chi connectivity index (χ0) is 9.14. The Morgan fingerprint density at radius 1 is 1.58 bits per heavy atom. The van der Waals surface area contributed by atoms with Gasteiger partial charge in [-0.3, -0.25) is 5.41 Å². The summed E-state index contributed by atoms with van der Waals surface area (Å²) in [5, 5.41) is 7.89. The topological polar surface area (TPSA) is 49.9 Å². The Labute approximate surface area is 80.6 Å². The third kappa shape index (κ3) is 1.93. The van der Waals surface area contributed by atoms with Gasteiger partial charge in [-0.15, -0.1) is 11.8 Å². The second kappa shape index (κ2) is 3.83. The van der Waals surface area contributed by atoms with Crippen LogP contribution in [0.1, 0.15) is 5.56 Å². The van der Waals surface area contributed by atoms with Crippen LogP contribution in [0.15, 0.2) is 23.1 Å². The summed E-state index contributed by atoms with van der Waals surface area (Å²) in [6.45, 7) is 0. The number of halogens is 1. The van der Waals surface area contributed by atoms with E-state index in [1.54, 1.807) is 23.9 Å². The molecule has 0 heterocycles. The number of benzene rings is 1. The molecule has 0 unspecified atom stereocenters. The maximum atomic E-state index is 7.28. The number of hydrogen-bond donors (Lipinski definition) is 2. The van der Waals surface area contributed by atoms with Crippen molar-refractivity contribution in [1.82, 2.24) is 0 Å². The predicted octanol–water partition coefficient (Wildman–Crippen LogP) is 2.35. The van der Waals surface area contributed by atoms with Gasteiger partial charge in [0.05, 0.1) is 0 Å². The quantitative estimate of drug-likeness (QED) is 0.438. The smallest absolute Gasteiger partial charge is 0.123 e. The molecule has 0 atom stereocenters. The highest BCUT2D eigenvalue weighted by molar-refractivity contribution is 7.98. The third-order valence-corrected chi connectivity index (χ3v) is 2.48. The number of nitrogens with one attached hydrogen (secondary N) is 1. The third-order valence-electron chi connectivity index (χ3n) is 1.45. The van der Waals surface area contributed by atoms with E-state index < -0.39 is 0 Å². The van der Waals surface area contributed by atoms with Gasteiger partial charge in [-0.25, -0.2) is 0 Å². The lowest BCUT2D eigenvalue weighted by atomic mass is 10.2. The Bertz CT molecular complexity index is 312. The van der Waals surface area contributed by atoms with E-state index >= 15 is 0 Å². The monoisotopic (exact) mass is 200 g/mol. The molecule has 4 heteroatoms. The number of amidine groups is 1. The first-order chi connectivity index (χ1) is 5.65. The van der Waals surface area contributed by atoms with Crippen LogP contribution < -0.4 is 5.73 Å². The number of thioether (sulfide) groups is 1. The zero-order valence-corrected chi connectivity index (χ0v) is 8.17. The minimum atomic E-state index is 0.0573. The Morgan fingerprint density at radius 3 is 2.75 bits per heavy atom. The van der Waals surface area contributed by atoms with Crippen molar-refractivity contribution >= 4 is 29.2 Å². The lowest BCUT2D eigenvalue weighted by molar-refractivity contribution is 1.35. The first kappa shape index (κ1) is 9.42. The van der Waals surface area contributed by atoms with E-state index in [0.717, 1.165) is 4.90 Å². The normalized spacial score (nSPS) is 9.83. The summed E-state index contributed by atoms with van der Waals surface area (Å²) < 4.78 is 0. The molecular formula is C8H9ClN2S. The van der Waals surface area contributed by atoms with Gasteiger partial charge in [-0.1, -0.05) is 11.6 Å². The highest BCUT2D eigenvalue weighted by atomic mass is 35.5. The standard InChI is InChI=1S/C8H9ClN2S/c1-12-7-3-2-5(9)4-6(7)8(10)11/h2-4H,1H3,(H3,10,11). The van der Waals surface area contributed by atoms with Crippen molar-refractivity contribution < 1.29 is 0 Å². The van der Waals surface area contributed by atoms with Crippen LogP contribution in [0, 0.1) is 5.41 Å². The number of nitrogen functional groups attached to an aromatic ring is 1. The van der Waals surface area contributed by atoms with Crippen LogP contribution in [0.5, 0.6) is 0 Å². The van der Waals surface area contributed by atoms with Crippen LogP contribution in [0.2, 0.25) is 5.02 Å². The molecule has 3 N–H and O–H groups in total. The summed E-state index contributed by atoms with van der Waals surface area (Å²) in [5.41, 5.74) is 6.07. The zero-order valence-electron chi connectivity index (χ0n) is 6.60. The molecule has 0 aliphatic rings. The van der Waals surface area contributed by atoms with E-state index in [9.17, 15) is 0 Å². The fourth-order valence-electron chi connectivity index (χ4n) is 0.891. The van der Waals surface area contributed by atoms with E-state index in [2.05, 4.69) is 0 Å². The minimum absolute atomic E-state index is 0.0573. The van der Waals surface area contributed by atoms with Crippen LogP contribution in [-0.4, -0.2) is 12.1 Å². The second-order valence-electron chi connectivity index (χ2n) is 2.26. The average molecular weight is 201 g/mol. The van der Waals surface area contributed by atoms with Gasteiger partial charge < -0.3 is 5.73 Å². The molecule has 0 aliphatic carbocycles. The molecule has 1 aromatic rings. The first-order valence-corrected chi connectivity index (χ1v) is 4.93. The number of nitrogens with two attached hydrogens (primary N) is 1. The van der Waals surface area contributed by atoms with Crippen molar-refractivity contribution in [3.8, 4) is 0 Å². The molecule has 0 radical (unpaired) electrons. The van der Waals surface area contributed by atoms with Crippen molar-refractivity contribution in [2.24, 2.45) is 5.73 Å². The van der Waals surface area contributed by atoms with Crippen molar-refractivity contribution in [1.29, 1.82) is 5.41 Å². The molecule has 0 aromatic heterocycles. The van der Waals surface area contributed by atoms with Gasteiger partial charge in [0.2, 0.25) is 0 Å². The van der Waals surface area contributed by atoms with Crippen LogP contribution in [0.3, 0.4) is 0 Å².